The molecule has 0 bridgehead atoms. The molecule has 0 spiro atoms. The molecular formula is C16H13IN2O4. The first-order valence-electron chi connectivity index (χ1n) is 6.88. The molecule has 0 radical (unpaired) electrons. The number of rotatable bonds is 2. The third-order valence-electron chi connectivity index (χ3n) is 3.22. The zero-order valence-corrected chi connectivity index (χ0v) is 14.1. The summed E-state index contributed by atoms with van der Waals surface area (Å²) in [6.45, 7) is 0.0849. The van der Waals surface area contributed by atoms with Crippen LogP contribution < -0.4 is 20.3 Å². The fourth-order valence-electron chi connectivity index (χ4n) is 2.06. The highest BCUT2D eigenvalue weighted by Crippen LogP contribution is 2.30. The molecule has 2 aromatic rings. The summed E-state index contributed by atoms with van der Waals surface area (Å²) in [4.78, 5) is 24.1. The van der Waals surface area contributed by atoms with E-state index >= 15 is 0 Å². The normalized spacial score (nSPS) is 15.6. The van der Waals surface area contributed by atoms with Crippen LogP contribution in [0.25, 0.3) is 0 Å². The van der Waals surface area contributed by atoms with Crippen molar-refractivity contribution in [3.63, 3.8) is 0 Å². The third-order valence-corrected chi connectivity index (χ3v) is 4.16. The van der Waals surface area contributed by atoms with E-state index in [9.17, 15) is 9.59 Å². The number of carbonyl (C=O) groups is 2. The van der Waals surface area contributed by atoms with Crippen molar-refractivity contribution in [3.05, 3.63) is 57.7 Å². The lowest BCUT2D eigenvalue weighted by molar-refractivity contribution is -0.131. The SMILES string of the molecule is O=C(NNC(=O)C1COc2ccccc2O1)c1ccccc1I. The highest BCUT2D eigenvalue weighted by atomic mass is 127. The van der Waals surface area contributed by atoms with Crippen molar-refractivity contribution in [3.8, 4) is 11.5 Å². The van der Waals surface area contributed by atoms with Gasteiger partial charge in [-0.3, -0.25) is 20.4 Å². The maximum Gasteiger partial charge on any atom is 0.283 e. The molecule has 1 aliphatic heterocycles. The second-order valence-electron chi connectivity index (χ2n) is 4.79. The summed E-state index contributed by atoms with van der Waals surface area (Å²) in [6, 6.07) is 14.2. The molecule has 1 aliphatic rings. The van der Waals surface area contributed by atoms with Crippen molar-refractivity contribution in [2.75, 3.05) is 6.61 Å². The van der Waals surface area contributed by atoms with E-state index in [4.69, 9.17) is 9.47 Å². The summed E-state index contributed by atoms with van der Waals surface area (Å²) < 4.78 is 11.8. The summed E-state index contributed by atoms with van der Waals surface area (Å²) in [5, 5.41) is 0. The molecular weight excluding hydrogens is 411 g/mol. The van der Waals surface area contributed by atoms with Crippen molar-refractivity contribution in [2.45, 2.75) is 6.10 Å². The maximum atomic E-state index is 12.1. The van der Waals surface area contributed by atoms with E-state index in [2.05, 4.69) is 33.4 Å². The first-order chi connectivity index (χ1) is 11.1. The lowest BCUT2D eigenvalue weighted by Crippen LogP contribution is -2.50. The van der Waals surface area contributed by atoms with E-state index in [1.165, 1.54) is 0 Å². The van der Waals surface area contributed by atoms with Gasteiger partial charge in [-0.2, -0.15) is 0 Å². The molecule has 0 saturated heterocycles. The van der Waals surface area contributed by atoms with Gasteiger partial charge in [0.15, 0.2) is 11.5 Å². The molecule has 6 nitrogen and oxygen atoms in total. The summed E-state index contributed by atoms with van der Waals surface area (Å²) in [7, 11) is 0. The number of carbonyl (C=O) groups excluding carboxylic acids is 2. The minimum Gasteiger partial charge on any atom is -0.485 e. The first-order valence-corrected chi connectivity index (χ1v) is 7.96. The number of halogens is 1. The van der Waals surface area contributed by atoms with E-state index in [1.54, 1.807) is 30.3 Å². The number of nitrogens with one attached hydrogen (secondary N) is 2. The van der Waals surface area contributed by atoms with Gasteiger partial charge in [-0.05, 0) is 46.9 Å². The molecule has 7 heteroatoms. The van der Waals surface area contributed by atoms with Gasteiger partial charge in [0, 0.05) is 3.57 Å². The van der Waals surface area contributed by atoms with Crippen molar-refractivity contribution in [2.24, 2.45) is 0 Å². The van der Waals surface area contributed by atoms with Crippen LogP contribution in [0, 0.1) is 3.57 Å². The lowest BCUT2D eigenvalue weighted by atomic mass is 10.2. The smallest absolute Gasteiger partial charge is 0.283 e. The number of para-hydroxylation sites is 2. The standard InChI is InChI=1S/C16H13IN2O4/c17-11-6-2-1-5-10(11)15(20)18-19-16(21)14-9-22-12-7-3-4-8-13(12)23-14/h1-8,14H,9H2,(H,18,20)(H,19,21). The summed E-state index contributed by atoms with van der Waals surface area (Å²) in [5.41, 5.74) is 5.23. The van der Waals surface area contributed by atoms with E-state index in [0.29, 0.717) is 17.1 Å². The summed E-state index contributed by atoms with van der Waals surface area (Å²) >= 11 is 2.06. The number of ether oxygens (including phenoxy) is 2. The Balaban J connectivity index is 1.58. The van der Waals surface area contributed by atoms with E-state index in [-0.39, 0.29) is 12.5 Å². The zero-order chi connectivity index (χ0) is 16.2. The zero-order valence-electron chi connectivity index (χ0n) is 11.9. The molecule has 0 saturated carbocycles. The van der Waals surface area contributed by atoms with Crippen molar-refractivity contribution in [1.29, 1.82) is 0 Å². The predicted molar refractivity (Wildman–Crippen MR) is 91.1 cm³/mol. The second-order valence-corrected chi connectivity index (χ2v) is 5.95. The second kappa shape index (κ2) is 6.86. The molecule has 0 aromatic heterocycles. The van der Waals surface area contributed by atoms with Crippen LogP contribution in [0.15, 0.2) is 48.5 Å². The summed E-state index contributed by atoms with van der Waals surface area (Å²) in [6.07, 6.45) is -0.819. The van der Waals surface area contributed by atoms with Crippen molar-refractivity contribution in [1.82, 2.24) is 10.9 Å². The summed E-state index contributed by atoms with van der Waals surface area (Å²) in [5.74, 6) is 0.238. The number of benzene rings is 2. The number of hydrogen-bond acceptors (Lipinski definition) is 4. The van der Waals surface area contributed by atoms with Crippen LogP contribution in [-0.4, -0.2) is 24.5 Å². The number of hydrogen-bond donors (Lipinski definition) is 2. The number of hydrazine groups is 1. The molecule has 2 amide bonds. The van der Waals surface area contributed by atoms with Gasteiger partial charge in [-0.1, -0.05) is 24.3 Å². The van der Waals surface area contributed by atoms with Gasteiger partial charge >= 0.3 is 0 Å². The Morgan fingerprint density at radius 2 is 1.70 bits per heavy atom. The molecule has 1 atom stereocenters. The van der Waals surface area contributed by atoms with Crippen LogP contribution in [0.1, 0.15) is 10.4 Å². The Morgan fingerprint density at radius 3 is 2.48 bits per heavy atom. The van der Waals surface area contributed by atoms with Crippen LogP contribution >= 0.6 is 22.6 Å². The Bertz CT molecular complexity index is 750. The molecule has 2 aromatic carbocycles. The van der Waals surface area contributed by atoms with Gasteiger partial charge < -0.3 is 9.47 Å². The molecule has 118 valence electrons. The third kappa shape index (κ3) is 3.55. The maximum absolute atomic E-state index is 12.1. The molecule has 2 N–H and O–H groups in total. The first kappa shape index (κ1) is 15.6. The molecule has 1 heterocycles. The van der Waals surface area contributed by atoms with Gasteiger partial charge in [-0.25, -0.2) is 0 Å². The Morgan fingerprint density at radius 1 is 1.00 bits per heavy atom. The average molecular weight is 424 g/mol. The molecule has 0 fully saturated rings. The van der Waals surface area contributed by atoms with Crippen LogP contribution in [0.5, 0.6) is 11.5 Å². The van der Waals surface area contributed by atoms with E-state index in [0.717, 1.165) is 3.57 Å². The van der Waals surface area contributed by atoms with E-state index < -0.39 is 12.0 Å². The Hall–Kier alpha value is -2.29. The highest BCUT2D eigenvalue weighted by Gasteiger charge is 2.27. The van der Waals surface area contributed by atoms with Crippen molar-refractivity contribution < 1.29 is 19.1 Å². The monoisotopic (exact) mass is 424 g/mol. The Kier molecular flexibility index (Phi) is 4.65. The van der Waals surface area contributed by atoms with E-state index in [1.807, 2.05) is 18.2 Å². The fourth-order valence-corrected chi connectivity index (χ4v) is 2.69. The van der Waals surface area contributed by atoms with Gasteiger partial charge in [-0.15, -0.1) is 0 Å². The molecule has 3 rings (SSSR count). The minimum atomic E-state index is -0.819. The van der Waals surface area contributed by atoms with Gasteiger partial charge in [0.25, 0.3) is 11.8 Å². The minimum absolute atomic E-state index is 0.0849. The Labute approximate surface area is 146 Å². The van der Waals surface area contributed by atoms with Crippen LogP contribution in [-0.2, 0) is 4.79 Å². The quantitative estimate of drug-likeness (QED) is 0.571. The average Bonchev–Trinajstić information content (AvgIpc) is 2.59. The number of amides is 2. The topological polar surface area (TPSA) is 76.7 Å². The predicted octanol–water partition coefficient (Wildman–Crippen LogP) is 1.89. The molecule has 0 aliphatic carbocycles. The largest absolute Gasteiger partial charge is 0.485 e. The molecule has 23 heavy (non-hydrogen) atoms. The van der Waals surface area contributed by atoms with Gasteiger partial charge in [0.1, 0.15) is 6.61 Å². The van der Waals surface area contributed by atoms with Gasteiger partial charge in [0.05, 0.1) is 5.56 Å². The number of fused-ring (bicyclic) bond motifs is 1. The van der Waals surface area contributed by atoms with Crippen LogP contribution in [0.2, 0.25) is 0 Å². The van der Waals surface area contributed by atoms with Crippen molar-refractivity contribution >= 4 is 34.4 Å². The van der Waals surface area contributed by atoms with Crippen LogP contribution in [0.4, 0.5) is 0 Å². The molecule has 1 unspecified atom stereocenters. The highest BCUT2D eigenvalue weighted by molar-refractivity contribution is 14.1. The lowest BCUT2D eigenvalue weighted by Gasteiger charge is -2.25. The van der Waals surface area contributed by atoms with Gasteiger partial charge in [0.2, 0.25) is 6.10 Å². The fraction of sp³-hybridized carbons (Fsp3) is 0.125. The van der Waals surface area contributed by atoms with Crippen LogP contribution in [0.3, 0.4) is 0 Å².